The fourth-order valence-electron chi connectivity index (χ4n) is 1.79. The largest absolute Gasteiger partial charge is 0.387 e. The first-order chi connectivity index (χ1) is 8.25. The fraction of sp³-hybridized carbons (Fsp3) is 0.917. The molecule has 1 heterocycles. The first kappa shape index (κ1) is 15.5. The number of aliphatic hydroxyl groups excluding tert-OH is 3. The standard InChI is InChI=1S/C12H22O6/c1-5(2)7(13)11-9(15)8(14)10(16)12(18-11)17-6(3)4/h5-6,8-12,14-16H,1-4H3/t8?,9-,10+,11?,12-/m1/s1. The Balaban J connectivity index is 2.83. The van der Waals surface area contributed by atoms with Crippen LogP contribution in [0.15, 0.2) is 0 Å². The molecular weight excluding hydrogens is 240 g/mol. The van der Waals surface area contributed by atoms with Crippen LogP contribution < -0.4 is 0 Å². The molecule has 0 bridgehead atoms. The lowest BCUT2D eigenvalue weighted by Gasteiger charge is -2.40. The van der Waals surface area contributed by atoms with Crippen molar-refractivity contribution < 1.29 is 29.6 Å². The van der Waals surface area contributed by atoms with Crippen LogP contribution in [0.25, 0.3) is 0 Å². The van der Waals surface area contributed by atoms with Crippen LogP contribution in [0, 0.1) is 5.92 Å². The summed E-state index contributed by atoms with van der Waals surface area (Å²) in [6.07, 6.45) is -6.80. The molecule has 2 unspecified atom stereocenters. The number of aliphatic hydroxyl groups is 3. The molecule has 5 atom stereocenters. The van der Waals surface area contributed by atoms with Crippen LogP contribution in [-0.2, 0) is 14.3 Å². The predicted octanol–water partition coefficient (Wildman–Crippen LogP) is -0.556. The molecule has 1 aliphatic heterocycles. The lowest BCUT2D eigenvalue weighted by Crippen LogP contribution is -2.61. The van der Waals surface area contributed by atoms with Crippen molar-refractivity contribution in [2.24, 2.45) is 5.92 Å². The second kappa shape index (κ2) is 6.08. The van der Waals surface area contributed by atoms with Crippen molar-refractivity contribution in [3.63, 3.8) is 0 Å². The van der Waals surface area contributed by atoms with Crippen LogP contribution in [0.2, 0.25) is 0 Å². The summed E-state index contributed by atoms with van der Waals surface area (Å²) in [5, 5.41) is 29.2. The van der Waals surface area contributed by atoms with E-state index in [0.29, 0.717) is 0 Å². The second-order valence-electron chi connectivity index (χ2n) is 5.14. The quantitative estimate of drug-likeness (QED) is 0.629. The van der Waals surface area contributed by atoms with Gasteiger partial charge in [0.1, 0.15) is 24.4 Å². The molecule has 0 aromatic rings. The van der Waals surface area contributed by atoms with E-state index in [1.165, 1.54) is 0 Å². The van der Waals surface area contributed by atoms with Crippen LogP contribution in [0.5, 0.6) is 0 Å². The van der Waals surface area contributed by atoms with Gasteiger partial charge in [-0.25, -0.2) is 0 Å². The Labute approximate surface area is 107 Å². The van der Waals surface area contributed by atoms with Crippen molar-refractivity contribution in [1.29, 1.82) is 0 Å². The van der Waals surface area contributed by atoms with Gasteiger partial charge in [0.05, 0.1) is 6.10 Å². The molecule has 1 rings (SSSR count). The van der Waals surface area contributed by atoms with E-state index in [9.17, 15) is 20.1 Å². The van der Waals surface area contributed by atoms with E-state index in [-0.39, 0.29) is 17.8 Å². The molecule has 6 nitrogen and oxygen atoms in total. The minimum Gasteiger partial charge on any atom is -0.387 e. The highest BCUT2D eigenvalue weighted by Crippen LogP contribution is 2.25. The van der Waals surface area contributed by atoms with Gasteiger partial charge in [-0.3, -0.25) is 4.79 Å². The zero-order valence-electron chi connectivity index (χ0n) is 11.1. The number of carbonyl (C=O) groups is 1. The van der Waals surface area contributed by atoms with E-state index in [2.05, 4.69) is 0 Å². The topological polar surface area (TPSA) is 96.2 Å². The number of hydrogen-bond donors (Lipinski definition) is 3. The van der Waals surface area contributed by atoms with Gasteiger partial charge in [0, 0.05) is 5.92 Å². The van der Waals surface area contributed by atoms with Crippen molar-refractivity contribution in [2.45, 2.75) is 64.5 Å². The van der Waals surface area contributed by atoms with Crippen molar-refractivity contribution in [3.05, 3.63) is 0 Å². The third-order valence-electron chi connectivity index (χ3n) is 2.83. The van der Waals surface area contributed by atoms with Crippen LogP contribution in [0.1, 0.15) is 27.7 Å². The molecular formula is C12H22O6. The Morgan fingerprint density at radius 1 is 1.06 bits per heavy atom. The normalized spacial score (nSPS) is 37.3. The molecule has 0 aliphatic carbocycles. The highest BCUT2D eigenvalue weighted by molar-refractivity contribution is 5.85. The Bertz CT molecular complexity index is 290. The lowest BCUT2D eigenvalue weighted by molar-refractivity contribution is -0.298. The van der Waals surface area contributed by atoms with E-state index in [4.69, 9.17) is 9.47 Å². The molecule has 0 aromatic heterocycles. The minimum absolute atomic E-state index is 0.234. The molecule has 0 aromatic carbocycles. The molecule has 0 saturated carbocycles. The average molecular weight is 262 g/mol. The van der Waals surface area contributed by atoms with E-state index in [0.717, 1.165) is 0 Å². The van der Waals surface area contributed by atoms with E-state index >= 15 is 0 Å². The molecule has 0 radical (unpaired) electrons. The van der Waals surface area contributed by atoms with Crippen molar-refractivity contribution in [2.75, 3.05) is 0 Å². The minimum atomic E-state index is -1.46. The second-order valence-corrected chi connectivity index (χ2v) is 5.14. The third kappa shape index (κ3) is 3.27. The summed E-state index contributed by atoms with van der Waals surface area (Å²) < 4.78 is 10.6. The summed E-state index contributed by atoms with van der Waals surface area (Å²) in [5.41, 5.74) is 0. The van der Waals surface area contributed by atoms with Crippen LogP contribution >= 0.6 is 0 Å². The fourth-order valence-corrected chi connectivity index (χ4v) is 1.79. The number of ether oxygens (including phenoxy) is 2. The average Bonchev–Trinajstić information content (AvgIpc) is 2.28. The van der Waals surface area contributed by atoms with Crippen LogP contribution in [-0.4, -0.2) is 57.9 Å². The molecule has 18 heavy (non-hydrogen) atoms. The van der Waals surface area contributed by atoms with Gasteiger partial charge in [-0.1, -0.05) is 13.8 Å². The van der Waals surface area contributed by atoms with Crippen molar-refractivity contribution in [1.82, 2.24) is 0 Å². The van der Waals surface area contributed by atoms with E-state index < -0.39 is 30.7 Å². The Hall–Kier alpha value is -0.530. The lowest BCUT2D eigenvalue weighted by atomic mass is 9.92. The van der Waals surface area contributed by atoms with E-state index in [1.54, 1.807) is 27.7 Å². The molecule has 0 spiro atoms. The van der Waals surface area contributed by atoms with Gasteiger partial charge in [-0.05, 0) is 13.8 Å². The zero-order chi connectivity index (χ0) is 14.0. The molecule has 1 saturated heterocycles. The van der Waals surface area contributed by atoms with Gasteiger partial charge < -0.3 is 24.8 Å². The monoisotopic (exact) mass is 262 g/mol. The first-order valence-corrected chi connectivity index (χ1v) is 6.14. The molecule has 0 amide bonds. The third-order valence-corrected chi connectivity index (χ3v) is 2.83. The Morgan fingerprint density at radius 3 is 2.06 bits per heavy atom. The number of carbonyl (C=O) groups excluding carboxylic acids is 1. The van der Waals surface area contributed by atoms with Gasteiger partial charge in [0.25, 0.3) is 0 Å². The van der Waals surface area contributed by atoms with Gasteiger partial charge in [0.2, 0.25) is 0 Å². The summed E-state index contributed by atoms with van der Waals surface area (Å²) in [7, 11) is 0. The molecule has 1 aliphatic rings. The van der Waals surface area contributed by atoms with Crippen LogP contribution in [0.3, 0.4) is 0 Å². The molecule has 1 fully saturated rings. The summed E-state index contributed by atoms with van der Waals surface area (Å²) in [6.45, 7) is 6.84. The van der Waals surface area contributed by atoms with Gasteiger partial charge in [-0.15, -0.1) is 0 Å². The highest BCUT2D eigenvalue weighted by atomic mass is 16.7. The van der Waals surface area contributed by atoms with Gasteiger partial charge >= 0.3 is 0 Å². The summed E-state index contributed by atoms with van der Waals surface area (Å²) >= 11 is 0. The van der Waals surface area contributed by atoms with Crippen LogP contribution in [0.4, 0.5) is 0 Å². The number of hydrogen-bond acceptors (Lipinski definition) is 6. The first-order valence-electron chi connectivity index (χ1n) is 6.14. The summed E-state index contributed by atoms with van der Waals surface area (Å²) in [5.74, 6) is -0.669. The Kier molecular flexibility index (Phi) is 5.24. The SMILES string of the molecule is CC(C)O[C@@H]1OC(C(=O)C(C)C)[C@H](O)C(O)[C@@H]1O. The predicted molar refractivity (Wildman–Crippen MR) is 62.7 cm³/mol. The maximum Gasteiger partial charge on any atom is 0.187 e. The van der Waals surface area contributed by atoms with E-state index in [1.807, 2.05) is 0 Å². The number of ketones is 1. The van der Waals surface area contributed by atoms with Gasteiger partial charge in [-0.2, -0.15) is 0 Å². The molecule has 106 valence electrons. The maximum absolute atomic E-state index is 11.9. The molecule has 3 N–H and O–H groups in total. The Morgan fingerprint density at radius 2 is 1.61 bits per heavy atom. The number of rotatable bonds is 4. The zero-order valence-corrected chi connectivity index (χ0v) is 11.1. The van der Waals surface area contributed by atoms with Crippen molar-refractivity contribution in [3.8, 4) is 0 Å². The number of Topliss-reactive ketones (excluding diaryl/α,β-unsaturated/α-hetero) is 1. The summed E-state index contributed by atoms with van der Waals surface area (Å²) in [4.78, 5) is 11.9. The van der Waals surface area contributed by atoms with Gasteiger partial charge in [0.15, 0.2) is 12.1 Å². The molecule has 6 heteroatoms. The highest BCUT2D eigenvalue weighted by Gasteiger charge is 2.47. The maximum atomic E-state index is 11.9. The van der Waals surface area contributed by atoms with Crippen molar-refractivity contribution >= 4 is 5.78 Å². The smallest absolute Gasteiger partial charge is 0.187 e. The summed E-state index contributed by atoms with van der Waals surface area (Å²) in [6, 6.07) is 0.